The number of hydrogen-bond donors (Lipinski definition) is 1. The van der Waals surface area contributed by atoms with Gasteiger partial charge in [-0.1, -0.05) is 5.16 Å². The van der Waals surface area contributed by atoms with Crippen molar-refractivity contribution < 1.29 is 9.32 Å². The van der Waals surface area contributed by atoms with E-state index in [0.29, 0.717) is 24.5 Å². The predicted molar refractivity (Wildman–Crippen MR) is 49.7 cm³/mol. The number of aromatic nitrogens is 1. The average Bonchev–Trinajstić information content (AvgIpc) is 2.73. The minimum absolute atomic E-state index is 0.0881. The lowest BCUT2D eigenvalue weighted by atomic mass is 10.3. The minimum Gasteiger partial charge on any atom is -0.361 e. The van der Waals surface area contributed by atoms with Crippen LogP contribution in [0.2, 0.25) is 0 Å². The van der Waals surface area contributed by atoms with E-state index in [1.54, 1.807) is 17.9 Å². The van der Waals surface area contributed by atoms with Crippen molar-refractivity contribution in [3.05, 3.63) is 17.5 Å². The molecule has 14 heavy (non-hydrogen) atoms. The molecule has 0 aliphatic carbocycles. The molecule has 1 amide bonds. The lowest BCUT2D eigenvalue weighted by molar-refractivity contribution is 0.0780. The highest BCUT2D eigenvalue weighted by Gasteiger charge is 2.26. The number of carbonyl (C=O) groups excluding carboxylic acids is 1. The Labute approximate surface area is 81.8 Å². The topological polar surface area (TPSA) is 72.4 Å². The molecule has 2 N–H and O–H groups in total. The zero-order chi connectivity index (χ0) is 10.1. The number of nitrogens with two attached hydrogens (primary N) is 1. The van der Waals surface area contributed by atoms with E-state index >= 15 is 0 Å². The Morgan fingerprint density at radius 1 is 1.79 bits per heavy atom. The van der Waals surface area contributed by atoms with Crippen molar-refractivity contribution in [2.75, 3.05) is 13.1 Å². The second kappa shape index (κ2) is 3.42. The summed E-state index contributed by atoms with van der Waals surface area (Å²) in [5.41, 5.74) is 6.08. The van der Waals surface area contributed by atoms with Crippen LogP contribution in [0.3, 0.4) is 0 Å². The number of aryl methyl sites for hydroxylation is 1. The highest BCUT2D eigenvalue weighted by Crippen LogP contribution is 2.12. The van der Waals surface area contributed by atoms with Crippen LogP contribution in [-0.2, 0) is 0 Å². The second-order valence-electron chi connectivity index (χ2n) is 3.62. The van der Waals surface area contributed by atoms with E-state index in [-0.39, 0.29) is 11.9 Å². The van der Waals surface area contributed by atoms with Gasteiger partial charge >= 0.3 is 0 Å². The maximum Gasteiger partial charge on any atom is 0.276 e. The Kier molecular flexibility index (Phi) is 2.25. The predicted octanol–water partition coefficient (Wildman–Crippen LogP) is 0.156. The lowest BCUT2D eigenvalue weighted by Gasteiger charge is -2.12. The first kappa shape index (κ1) is 9.21. The van der Waals surface area contributed by atoms with E-state index < -0.39 is 0 Å². The number of likely N-dealkylation sites (tertiary alicyclic amines) is 1. The first-order valence-corrected chi connectivity index (χ1v) is 4.65. The summed E-state index contributed by atoms with van der Waals surface area (Å²) in [5.74, 6) is 0.562. The maximum atomic E-state index is 11.8. The minimum atomic E-state index is -0.0881. The molecule has 1 aliphatic heterocycles. The average molecular weight is 195 g/mol. The summed E-state index contributed by atoms with van der Waals surface area (Å²) in [4.78, 5) is 13.5. The zero-order valence-corrected chi connectivity index (χ0v) is 8.06. The monoisotopic (exact) mass is 195 g/mol. The third-order valence-corrected chi connectivity index (χ3v) is 2.36. The summed E-state index contributed by atoms with van der Waals surface area (Å²) in [6, 6.07) is 1.75. The summed E-state index contributed by atoms with van der Waals surface area (Å²) < 4.78 is 4.84. The van der Waals surface area contributed by atoms with Gasteiger partial charge in [-0.2, -0.15) is 0 Å². The number of carbonyl (C=O) groups is 1. The molecule has 0 bridgehead atoms. The van der Waals surface area contributed by atoms with Gasteiger partial charge in [-0.05, 0) is 13.3 Å². The van der Waals surface area contributed by atoms with E-state index in [9.17, 15) is 4.79 Å². The summed E-state index contributed by atoms with van der Waals surface area (Å²) in [7, 11) is 0. The zero-order valence-electron chi connectivity index (χ0n) is 8.06. The summed E-state index contributed by atoms with van der Waals surface area (Å²) >= 11 is 0. The first-order valence-electron chi connectivity index (χ1n) is 4.65. The Balaban J connectivity index is 2.09. The molecule has 0 aromatic carbocycles. The molecule has 0 unspecified atom stereocenters. The van der Waals surface area contributed by atoms with Crippen LogP contribution in [0.5, 0.6) is 0 Å². The third-order valence-electron chi connectivity index (χ3n) is 2.36. The Hall–Kier alpha value is -1.36. The molecule has 5 nitrogen and oxygen atoms in total. The normalized spacial score (nSPS) is 21.6. The number of hydrogen-bond acceptors (Lipinski definition) is 4. The van der Waals surface area contributed by atoms with E-state index in [1.807, 2.05) is 0 Å². The van der Waals surface area contributed by atoms with Crippen molar-refractivity contribution >= 4 is 5.91 Å². The molecule has 76 valence electrons. The molecule has 1 saturated heterocycles. The quantitative estimate of drug-likeness (QED) is 0.692. The van der Waals surface area contributed by atoms with Gasteiger partial charge in [0.05, 0.1) is 0 Å². The second-order valence-corrected chi connectivity index (χ2v) is 3.62. The van der Waals surface area contributed by atoms with E-state index in [1.165, 1.54) is 0 Å². The van der Waals surface area contributed by atoms with Crippen molar-refractivity contribution in [2.45, 2.75) is 19.4 Å². The van der Waals surface area contributed by atoms with Gasteiger partial charge in [0.1, 0.15) is 5.76 Å². The molecular formula is C9H13N3O2. The van der Waals surface area contributed by atoms with Gasteiger partial charge in [-0.25, -0.2) is 0 Å². The summed E-state index contributed by atoms with van der Waals surface area (Å²) in [6.45, 7) is 3.09. The van der Waals surface area contributed by atoms with Crippen molar-refractivity contribution in [3.8, 4) is 0 Å². The largest absolute Gasteiger partial charge is 0.361 e. The molecule has 0 radical (unpaired) electrons. The molecule has 1 fully saturated rings. The molecule has 5 heteroatoms. The lowest BCUT2D eigenvalue weighted by Crippen LogP contribution is -2.32. The Morgan fingerprint density at radius 3 is 3.07 bits per heavy atom. The molecule has 2 rings (SSSR count). The molecular weight excluding hydrogens is 182 g/mol. The van der Waals surface area contributed by atoms with Crippen molar-refractivity contribution in [1.82, 2.24) is 10.1 Å². The van der Waals surface area contributed by atoms with Crippen molar-refractivity contribution in [1.29, 1.82) is 0 Å². The highest BCUT2D eigenvalue weighted by atomic mass is 16.5. The summed E-state index contributed by atoms with van der Waals surface area (Å²) in [5, 5.41) is 3.68. The van der Waals surface area contributed by atoms with E-state index in [0.717, 1.165) is 6.42 Å². The number of rotatable bonds is 1. The van der Waals surface area contributed by atoms with Crippen LogP contribution in [-0.4, -0.2) is 35.1 Å². The van der Waals surface area contributed by atoms with Gasteiger partial charge in [0, 0.05) is 25.2 Å². The van der Waals surface area contributed by atoms with Crippen LogP contribution >= 0.6 is 0 Å². The highest BCUT2D eigenvalue weighted by molar-refractivity contribution is 5.92. The van der Waals surface area contributed by atoms with Crippen molar-refractivity contribution in [2.24, 2.45) is 5.73 Å². The number of amides is 1. The smallest absolute Gasteiger partial charge is 0.276 e. The van der Waals surface area contributed by atoms with E-state index in [4.69, 9.17) is 10.3 Å². The van der Waals surface area contributed by atoms with Crippen LogP contribution in [0.15, 0.2) is 10.6 Å². The molecule has 1 aromatic heterocycles. The van der Waals surface area contributed by atoms with Crippen LogP contribution in [0.1, 0.15) is 22.7 Å². The Bertz CT molecular complexity index is 348. The standard InChI is InChI=1S/C9H13N3O2/c1-6-4-8(11-14-6)9(13)12-3-2-7(10)5-12/h4,7H,2-3,5,10H2,1H3/t7-/m0/s1. The fourth-order valence-corrected chi connectivity index (χ4v) is 1.60. The first-order chi connectivity index (χ1) is 6.66. The molecule has 2 heterocycles. The molecule has 1 aliphatic rings. The number of nitrogens with zero attached hydrogens (tertiary/aromatic N) is 2. The van der Waals surface area contributed by atoms with Gasteiger partial charge < -0.3 is 15.2 Å². The van der Waals surface area contributed by atoms with Gasteiger partial charge in [0.15, 0.2) is 5.69 Å². The molecule has 0 saturated carbocycles. The molecule has 0 spiro atoms. The van der Waals surface area contributed by atoms with Gasteiger partial charge in [-0.3, -0.25) is 4.79 Å². The fourth-order valence-electron chi connectivity index (χ4n) is 1.60. The Morgan fingerprint density at radius 2 is 2.57 bits per heavy atom. The van der Waals surface area contributed by atoms with Crippen LogP contribution in [0.25, 0.3) is 0 Å². The van der Waals surface area contributed by atoms with Crippen LogP contribution < -0.4 is 5.73 Å². The molecule has 1 aromatic rings. The SMILES string of the molecule is Cc1cc(C(=O)N2CC[C@H](N)C2)no1. The van der Waals surface area contributed by atoms with Crippen LogP contribution in [0, 0.1) is 6.92 Å². The third kappa shape index (κ3) is 1.63. The van der Waals surface area contributed by atoms with Crippen molar-refractivity contribution in [3.63, 3.8) is 0 Å². The fraction of sp³-hybridized carbons (Fsp3) is 0.556. The van der Waals surface area contributed by atoms with Crippen LogP contribution in [0.4, 0.5) is 0 Å². The van der Waals surface area contributed by atoms with E-state index in [2.05, 4.69) is 5.16 Å². The maximum absolute atomic E-state index is 11.8. The van der Waals surface area contributed by atoms with Gasteiger partial charge in [-0.15, -0.1) is 0 Å². The van der Waals surface area contributed by atoms with Gasteiger partial charge in [0.25, 0.3) is 5.91 Å². The van der Waals surface area contributed by atoms with Gasteiger partial charge in [0.2, 0.25) is 0 Å². The summed E-state index contributed by atoms with van der Waals surface area (Å²) in [6.07, 6.45) is 0.864. The molecule has 1 atom stereocenters.